The molecule has 7 nitrogen and oxygen atoms in total. The number of esters is 1. The number of anilines is 2. The Morgan fingerprint density at radius 2 is 1.49 bits per heavy atom. The lowest BCUT2D eigenvalue weighted by Crippen LogP contribution is -2.33. The van der Waals surface area contributed by atoms with Crippen LogP contribution < -0.4 is 15.0 Å². The maximum atomic E-state index is 13.2. The quantitative estimate of drug-likeness (QED) is 0.131. The van der Waals surface area contributed by atoms with Crippen molar-refractivity contribution in [2.45, 2.75) is 12.5 Å². The highest BCUT2D eigenvalue weighted by Crippen LogP contribution is 2.22. The topological polar surface area (TPSA) is 84.9 Å². The van der Waals surface area contributed by atoms with Crippen molar-refractivity contribution in [3.05, 3.63) is 139 Å². The predicted octanol–water partition coefficient (Wildman–Crippen LogP) is 5.71. The fourth-order valence-electron chi connectivity index (χ4n) is 4.37. The number of carbonyl (C=O) groups is 3. The molecule has 0 unspecified atom stereocenters. The van der Waals surface area contributed by atoms with E-state index < -0.39 is 12.0 Å². The predicted molar refractivity (Wildman–Crippen MR) is 160 cm³/mol. The van der Waals surface area contributed by atoms with Crippen LogP contribution in [0.2, 0.25) is 0 Å². The van der Waals surface area contributed by atoms with Crippen LogP contribution in [0.25, 0.3) is 0 Å². The van der Waals surface area contributed by atoms with Crippen molar-refractivity contribution >= 4 is 29.0 Å². The molecule has 0 aliphatic carbocycles. The van der Waals surface area contributed by atoms with Crippen LogP contribution in [-0.2, 0) is 20.7 Å². The Balaban J connectivity index is 1.41. The number of amides is 1. The van der Waals surface area contributed by atoms with Crippen LogP contribution in [0, 0.1) is 0 Å². The number of para-hydroxylation sites is 2. The van der Waals surface area contributed by atoms with Gasteiger partial charge in [-0.05, 0) is 48.0 Å². The first-order valence-electron chi connectivity index (χ1n) is 13.2. The Labute approximate surface area is 240 Å². The SMILES string of the molecule is C=CC(=O)N(CCOc1ccc(C[C@H](Nc2ccccc2C(=O)c2ccccc2)C(=O)OC)cc1)c1ccccc1. The van der Waals surface area contributed by atoms with E-state index in [4.69, 9.17) is 9.47 Å². The van der Waals surface area contributed by atoms with E-state index >= 15 is 0 Å². The molecule has 0 aliphatic rings. The summed E-state index contributed by atoms with van der Waals surface area (Å²) in [6.45, 7) is 4.23. The summed E-state index contributed by atoms with van der Waals surface area (Å²) in [4.78, 5) is 39.8. The Morgan fingerprint density at radius 1 is 0.854 bits per heavy atom. The van der Waals surface area contributed by atoms with Crippen LogP contribution in [0.15, 0.2) is 122 Å². The molecule has 1 atom stereocenters. The first-order chi connectivity index (χ1) is 20.0. The summed E-state index contributed by atoms with van der Waals surface area (Å²) in [5, 5.41) is 3.22. The Bertz CT molecular complexity index is 1470. The Morgan fingerprint density at radius 3 is 2.15 bits per heavy atom. The lowest BCUT2D eigenvalue weighted by atomic mass is 10.00. The van der Waals surface area contributed by atoms with Crippen molar-refractivity contribution in [2.75, 3.05) is 30.5 Å². The standard InChI is InChI=1S/C34H32N2O5/c1-3-32(37)36(27-14-8-5-9-15-27)22-23-41-28-20-18-25(19-21-28)24-31(34(39)40-2)35-30-17-11-10-16-29(30)33(38)26-12-6-4-7-13-26/h3-21,31,35H,1,22-24H2,2H3/t31-/m0/s1. The highest BCUT2D eigenvalue weighted by Gasteiger charge is 2.22. The van der Waals surface area contributed by atoms with E-state index in [-0.39, 0.29) is 18.3 Å². The Hall–Kier alpha value is -5.17. The fourth-order valence-corrected chi connectivity index (χ4v) is 4.37. The number of hydrogen-bond acceptors (Lipinski definition) is 6. The summed E-state index contributed by atoms with van der Waals surface area (Å²) in [5.41, 5.74) is 3.22. The second-order valence-corrected chi connectivity index (χ2v) is 9.19. The second-order valence-electron chi connectivity index (χ2n) is 9.19. The number of nitrogens with zero attached hydrogens (tertiary/aromatic N) is 1. The number of ether oxygens (including phenoxy) is 2. The van der Waals surface area contributed by atoms with E-state index in [2.05, 4.69) is 11.9 Å². The maximum absolute atomic E-state index is 13.2. The van der Waals surface area contributed by atoms with Crippen LogP contribution in [0.5, 0.6) is 5.75 Å². The summed E-state index contributed by atoms with van der Waals surface area (Å²) in [7, 11) is 1.34. The molecule has 0 bridgehead atoms. The van der Waals surface area contributed by atoms with Crippen molar-refractivity contribution in [3.8, 4) is 5.75 Å². The van der Waals surface area contributed by atoms with Crippen LogP contribution >= 0.6 is 0 Å². The van der Waals surface area contributed by atoms with Crippen molar-refractivity contribution in [2.24, 2.45) is 0 Å². The van der Waals surface area contributed by atoms with Gasteiger partial charge < -0.3 is 19.7 Å². The molecule has 4 rings (SSSR count). The van der Waals surface area contributed by atoms with Crippen molar-refractivity contribution < 1.29 is 23.9 Å². The molecule has 0 fully saturated rings. The van der Waals surface area contributed by atoms with Crippen molar-refractivity contribution in [3.63, 3.8) is 0 Å². The smallest absolute Gasteiger partial charge is 0.328 e. The molecule has 0 saturated heterocycles. The van der Waals surface area contributed by atoms with Gasteiger partial charge in [0.2, 0.25) is 5.91 Å². The summed E-state index contributed by atoms with van der Waals surface area (Å²) < 4.78 is 10.9. The molecular formula is C34H32N2O5. The van der Waals surface area contributed by atoms with Crippen LogP contribution in [0.1, 0.15) is 21.5 Å². The van der Waals surface area contributed by atoms with E-state index in [1.54, 1.807) is 35.2 Å². The number of benzene rings is 4. The molecule has 1 N–H and O–H groups in total. The summed E-state index contributed by atoms with van der Waals surface area (Å²) in [6, 6.07) is 32.1. The summed E-state index contributed by atoms with van der Waals surface area (Å²) in [6.07, 6.45) is 1.61. The molecule has 0 spiro atoms. The highest BCUT2D eigenvalue weighted by molar-refractivity contribution is 6.12. The van der Waals surface area contributed by atoms with E-state index in [9.17, 15) is 14.4 Å². The minimum absolute atomic E-state index is 0.139. The lowest BCUT2D eigenvalue weighted by Gasteiger charge is -2.21. The maximum Gasteiger partial charge on any atom is 0.328 e. The molecule has 7 heteroatoms. The third-order valence-corrected chi connectivity index (χ3v) is 6.48. The molecule has 1 amide bonds. The van der Waals surface area contributed by atoms with Crippen LogP contribution in [-0.4, -0.2) is 44.0 Å². The molecule has 41 heavy (non-hydrogen) atoms. The molecule has 208 valence electrons. The number of rotatable bonds is 13. The average molecular weight is 549 g/mol. The zero-order valence-electron chi connectivity index (χ0n) is 22.9. The molecule has 0 radical (unpaired) electrons. The van der Waals surface area contributed by atoms with Gasteiger partial charge in [-0.25, -0.2) is 4.79 Å². The normalized spacial score (nSPS) is 11.1. The van der Waals surface area contributed by atoms with Crippen molar-refractivity contribution in [1.82, 2.24) is 0 Å². The van der Waals surface area contributed by atoms with Gasteiger partial charge in [0.15, 0.2) is 5.78 Å². The van der Waals surface area contributed by atoms with Crippen molar-refractivity contribution in [1.29, 1.82) is 0 Å². The molecule has 4 aromatic rings. The van der Waals surface area contributed by atoms with Gasteiger partial charge in [-0.15, -0.1) is 0 Å². The number of methoxy groups -OCH3 is 1. The van der Waals surface area contributed by atoms with Crippen LogP contribution in [0.4, 0.5) is 11.4 Å². The highest BCUT2D eigenvalue weighted by atomic mass is 16.5. The summed E-state index contributed by atoms with van der Waals surface area (Å²) in [5.74, 6) is -0.155. The fraction of sp³-hybridized carbons (Fsp3) is 0.147. The minimum atomic E-state index is -0.721. The molecule has 0 saturated carbocycles. The first-order valence-corrected chi connectivity index (χ1v) is 13.2. The van der Waals surface area contributed by atoms with Gasteiger partial charge in [-0.2, -0.15) is 0 Å². The van der Waals surface area contributed by atoms with E-state index in [1.165, 1.54) is 13.2 Å². The molecule has 0 aromatic heterocycles. The molecule has 0 heterocycles. The number of carbonyl (C=O) groups excluding carboxylic acids is 3. The van der Waals surface area contributed by atoms with Gasteiger partial charge >= 0.3 is 5.97 Å². The molecule has 0 aliphatic heterocycles. The van der Waals surface area contributed by atoms with Gasteiger partial charge in [0.1, 0.15) is 18.4 Å². The first kappa shape index (κ1) is 28.8. The third-order valence-electron chi connectivity index (χ3n) is 6.48. The van der Waals surface area contributed by atoms with E-state index in [1.807, 2.05) is 78.9 Å². The molecule has 4 aromatic carbocycles. The Kier molecular flexibility index (Phi) is 10.0. The number of ketones is 1. The lowest BCUT2D eigenvalue weighted by molar-refractivity contribution is -0.141. The third kappa shape index (κ3) is 7.70. The van der Waals surface area contributed by atoms with Gasteiger partial charge in [0.05, 0.1) is 13.7 Å². The average Bonchev–Trinajstić information content (AvgIpc) is 3.03. The summed E-state index contributed by atoms with van der Waals surface area (Å²) >= 11 is 0. The van der Waals surface area contributed by atoms with E-state index in [0.717, 1.165) is 11.3 Å². The number of hydrogen-bond donors (Lipinski definition) is 1. The van der Waals surface area contributed by atoms with Crippen LogP contribution in [0.3, 0.4) is 0 Å². The van der Waals surface area contributed by atoms with Gasteiger partial charge in [-0.3, -0.25) is 9.59 Å². The van der Waals surface area contributed by atoms with Gasteiger partial charge in [0, 0.05) is 28.9 Å². The minimum Gasteiger partial charge on any atom is -0.492 e. The zero-order chi connectivity index (χ0) is 29.0. The van der Waals surface area contributed by atoms with E-state index in [0.29, 0.717) is 35.5 Å². The molecular weight excluding hydrogens is 516 g/mol. The largest absolute Gasteiger partial charge is 0.492 e. The zero-order valence-corrected chi connectivity index (χ0v) is 22.9. The number of nitrogens with one attached hydrogen (secondary N) is 1. The monoisotopic (exact) mass is 548 g/mol. The van der Waals surface area contributed by atoms with Gasteiger partial charge in [0.25, 0.3) is 0 Å². The van der Waals surface area contributed by atoms with Gasteiger partial charge in [-0.1, -0.05) is 79.4 Å². The second kappa shape index (κ2) is 14.3.